The highest BCUT2D eigenvalue weighted by Gasteiger charge is 2.08. The SMILES string of the molecule is N#Cc1ccc(C(=O)/C=C(\NCc2ccc(N)cc2)c2ccccc2)cc1. The van der Waals surface area contributed by atoms with Crippen LogP contribution in [-0.2, 0) is 6.54 Å². The number of carbonyl (C=O) groups is 1. The lowest BCUT2D eigenvalue weighted by atomic mass is 10.0. The maximum Gasteiger partial charge on any atom is 0.187 e. The minimum atomic E-state index is -0.122. The molecule has 0 aliphatic carbocycles. The molecule has 0 aliphatic rings. The second-order valence-electron chi connectivity index (χ2n) is 6.07. The Morgan fingerprint density at radius 2 is 1.59 bits per heavy atom. The van der Waals surface area contributed by atoms with Crippen LogP contribution in [0.2, 0.25) is 0 Å². The van der Waals surface area contributed by atoms with E-state index in [1.807, 2.05) is 54.6 Å². The van der Waals surface area contributed by atoms with Gasteiger partial charge in [0.15, 0.2) is 5.78 Å². The number of rotatable bonds is 6. The highest BCUT2D eigenvalue weighted by molar-refractivity contribution is 6.08. The molecule has 3 aromatic rings. The molecule has 27 heavy (non-hydrogen) atoms. The van der Waals surface area contributed by atoms with Crippen LogP contribution < -0.4 is 11.1 Å². The van der Waals surface area contributed by atoms with E-state index < -0.39 is 0 Å². The zero-order valence-electron chi connectivity index (χ0n) is 14.7. The Hall–Kier alpha value is -3.84. The Morgan fingerprint density at radius 3 is 2.22 bits per heavy atom. The Morgan fingerprint density at radius 1 is 0.926 bits per heavy atom. The molecular formula is C23H19N3O. The zero-order valence-corrected chi connectivity index (χ0v) is 14.7. The topological polar surface area (TPSA) is 78.9 Å². The quantitative estimate of drug-likeness (QED) is 0.396. The first-order valence-electron chi connectivity index (χ1n) is 8.55. The third kappa shape index (κ3) is 4.83. The lowest BCUT2D eigenvalue weighted by Crippen LogP contribution is -2.13. The van der Waals surface area contributed by atoms with Crippen molar-refractivity contribution in [1.29, 1.82) is 5.26 Å². The molecule has 0 aliphatic heterocycles. The summed E-state index contributed by atoms with van der Waals surface area (Å²) >= 11 is 0. The number of allylic oxidation sites excluding steroid dienone is 1. The first kappa shape index (κ1) is 18.0. The van der Waals surface area contributed by atoms with Gasteiger partial charge >= 0.3 is 0 Å². The van der Waals surface area contributed by atoms with E-state index in [0.717, 1.165) is 16.8 Å². The smallest absolute Gasteiger partial charge is 0.187 e. The molecule has 3 rings (SSSR count). The molecule has 0 radical (unpaired) electrons. The molecule has 4 nitrogen and oxygen atoms in total. The number of ketones is 1. The fraction of sp³-hybridized carbons (Fsp3) is 0.0435. The van der Waals surface area contributed by atoms with Gasteiger partial charge in [-0.1, -0.05) is 42.5 Å². The highest BCUT2D eigenvalue weighted by Crippen LogP contribution is 2.15. The van der Waals surface area contributed by atoms with Crippen LogP contribution in [0.5, 0.6) is 0 Å². The maximum absolute atomic E-state index is 12.7. The van der Waals surface area contributed by atoms with Crippen molar-refractivity contribution < 1.29 is 4.79 Å². The average molecular weight is 353 g/mol. The van der Waals surface area contributed by atoms with Crippen molar-refractivity contribution >= 4 is 17.2 Å². The number of nitrogen functional groups attached to an aromatic ring is 1. The molecule has 0 atom stereocenters. The van der Waals surface area contributed by atoms with E-state index in [2.05, 4.69) is 11.4 Å². The number of hydrogen-bond acceptors (Lipinski definition) is 4. The van der Waals surface area contributed by atoms with Crippen molar-refractivity contribution in [3.8, 4) is 6.07 Å². The summed E-state index contributed by atoms with van der Waals surface area (Å²) < 4.78 is 0. The van der Waals surface area contributed by atoms with Gasteiger partial charge in [0.05, 0.1) is 11.6 Å². The molecule has 132 valence electrons. The molecular weight excluding hydrogens is 334 g/mol. The van der Waals surface area contributed by atoms with Crippen LogP contribution in [-0.4, -0.2) is 5.78 Å². The molecule has 0 aromatic heterocycles. The number of nitrogens with zero attached hydrogens (tertiary/aromatic N) is 1. The van der Waals surface area contributed by atoms with Gasteiger partial charge in [0.2, 0.25) is 0 Å². The summed E-state index contributed by atoms with van der Waals surface area (Å²) in [5.41, 5.74) is 10.2. The lowest BCUT2D eigenvalue weighted by molar-refractivity contribution is 0.104. The van der Waals surface area contributed by atoms with Crippen molar-refractivity contribution in [2.45, 2.75) is 6.54 Å². The van der Waals surface area contributed by atoms with Crippen molar-refractivity contribution in [3.05, 3.63) is 107 Å². The molecule has 0 bridgehead atoms. The van der Waals surface area contributed by atoms with Gasteiger partial charge in [-0.05, 0) is 47.5 Å². The highest BCUT2D eigenvalue weighted by atomic mass is 16.1. The standard InChI is InChI=1S/C23H19N3O/c24-15-17-6-10-20(11-7-17)23(27)14-22(19-4-2-1-3-5-19)26-16-18-8-12-21(25)13-9-18/h1-14,26H,16,25H2/b22-14-. The molecule has 0 amide bonds. The van der Waals surface area contributed by atoms with E-state index >= 15 is 0 Å². The van der Waals surface area contributed by atoms with E-state index in [0.29, 0.717) is 23.4 Å². The fourth-order valence-electron chi connectivity index (χ4n) is 2.61. The van der Waals surface area contributed by atoms with Crippen LogP contribution in [0.1, 0.15) is 27.0 Å². The maximum atomic E-state index is 12.7. The molecule has 0 spiro atoms. The van der Waals surface area contributed by atoms with Crippen molar-refractivity contribution in [3.63, 3.8) is 0 Å². The van der Waals surface area contributed by atoms with Crippen LogP contribution in [0.4, 0.5) is 5.69 Å². The lowest BCUT2D eigenvalue weighted by Gasteiger charge is -2.12. The van der Waals surface area contributed by atoms with Gasteiger partial charge in [-0.3, -0.25) is 4.79 Å². The Balaban J connectivity index is 1.84. The predicted molar refractivity (Wildman–Crippen MR) is 108 cm³/mol. The first-order valence-corrected chi connectivity index (χ1v) is 8.55. The second-order valence-corrected chi connectivity index (χ2v) is 6.07. The molecule has 0 heterocycles. The number of carbonyl (C=O) groups excluding carboxylic acids is 1. The first-order chi connectivity index (χ1) is 13.2. The Labute approximate surface area is 158 Å². The summed E-state index contributed by atoms with van der Waals surface area (Å²) in [5.74, 6) is -0.122. The van der Waals surface area contributed by atoms with Gasteiger partial charge in [-0.25, -0.2) is 0 Å². The van der Waals surface area contributed by atoms with E-state index in [4.69, 9.17) is 11.0 Å². The van der Waals surface area contributed by atoms with Gasteiger partial charge in [0.1, 0.15) is 0 Å². The van der Waals surface area contributed by atoms with Crippen LogP contribution >= 0.6 is 0 Å². The van der Waals surface area contributed by atoms with Gasteiger partial charge in [0.25, 0.3) is 0 Å². The summed E-state index contributed by atoms with van der Waals surface area (Å²) in [7, 11) is 0. The van der Waals surface area contributed by atoms with Crippen LogP contribution in [0, 0.1) is 11.3 Å². The molecule has 0 unspecified atom stereocenters. The zero-order chi connectivity index (χ0) is 19.1. The van der Waals surface area contributed by atoms with E-state index in [1.54, 1.807) is 30.3 Å². The summed E-state index contributed by atoms with van der Waals surface area (Å²) in [6, 6.07) is 26.0. The van der Waals surface area contributed by atoms with Gasteiger partial charge in [-0.15, -0.1) is 0 Å². The van der Waals surface area contributed by atoms with Crippen LogP contribution in [0.3, 0.4) is 0 Å². The van der Waals surface area contributed by atoms with E-state index in [9.17, 15) is 4.79 Å². The summed E-state index contributed by atoms with van der Waals surface area (Å²) in [6.07, 6.45) is 1.59. The van der Waals surface area contributed by atoms with Gasteiger partial charge in [-0.2, -0.15) is 5.26 Å². The van der Waals surface area contributed by atoms with Crippen LogP contribution in [0.25, 0.3) is 5.70 Å². The molecule has 0 fully saturated rings. The monoisotopic (exact) mass is 353 g/mol. The van der Waals surface area contributed by atoms with Crippen molar-refractivity contribution in [2.24, 2.45) is 0 Å². The number of nitrogens with two attached hydrogens (primary N) is 1. The molecule has 3 N–H and O–H groups in total. The van der Waals surface area contributed by atoms with Crippen molar-refractivity contribution in [2.75, 3.05) is 5.73 Å². The number of nitrogens with one attached hydrogen (secondary N) is 1. The summed E-state index contributed by atoms with van der Waals surface area (Å²) in [4.78, 5) is 12.7. The van der Waals surface area contributed by atoms with E-state index in [-0.39, 0.29) is 5.78 Å². The third-order valence-electron chi connectivity index (χ3n) is 4.12. The molecule has 0 saturated carbocycles. The molecule has 3 aromatic carbocycles. The summed E-state index contributed by atoms with van der Waals surface area (Å²) in [5, 5.41) is 12.2. The summed E-state index contributed by atoms with van der Waals surface area (Å²) in [6.45, 7) is 0.571. The van der Waals surface area contributed by atoms with Gasteiger partial charge < -0.3 is 11.1 Å². The van der Waals surface area contributed by atoms with Crippen molar-refractivity contribution in [1.82, 2.24) is 5.32 Å². The minimum absolute atomic E-state index is 0.122. The Bertz CT molecular complexity index is 983. The number of benzene rings is 3. The van der Waals surface area contributed by atoms with Crippen LogP contribution in [0.15, 0.2) is 84.9 Å². The number of nitriles is 1. The number of hydrogen-bond donors (Lipinski definition) is 2. The van der Waals surface area contributed by atoms with Gasteiger partial charge in [0, 0.05) is 29.6 Å². The molecule has 4 heteroatoms. The average Bonchev–Trinajstić information content (AvgIpc) is 2.73. The Kier molecular flexibility index (Phi) is 5.66. The number of anilines is 1. The third-order valence-corrected chi connectivity index (χ3v) is 4.12. The fourth-order valence-corrected chi connectivity index (χ4v) is 2.61. The minimum Gasteiger partial charge on any atom is -0.399 e. The molecule has 0 saturated heterocycles. The second kappa shape index (κ2) is 8.50. The van der Waals surface area contributed by atoms with E-state index in [1.165, 1.54) is 0 Å². The normalized spacial score (nSPS) is 10.9. The predicted octanol–water partition coefficient (Wildman–Crippen LogP) is 4.15. The largest absolute Gasteiger partial charge is 0.399 e.